The first-order valence-corrected chi connectivity index (χ1v) is 8.05. The van der Waals surface area contributed by atoms with Gasteiger partial charge in [-0.25, -0.2) is 0 Å². The Kier molecular flexibility index (Phi) is 6.89. The van der Waals surface area contributed by atoms with E-state index in [0.29, 0.717) is 0 Å². The summed E-state index contributed by atoms with van der Waals surface area (Å²) in [6.45, 7) is 7.09. The topological polar surface area (TPSA) is 84.0 Å². The predicted octanol–water partition coefficient (Wildman–Crippen LogP) is 1.47. The molecule has 104 valence electrons. The summed E-state index contributed by atoms with van der Waals surface area (Å²) in [6.07, 6.45) is 0. The van der Waals surface area contributed by atoms with Gasteiger partial charge in [-0.2, -0.15) is 0 Å². The number of carbonyl (C=O) groups excluding carboxylic acids is 2. The second kappa shape index (κ2) is 8.18. The Hall–Kier alpha value is -1.06. The fourth-order valence-corrected chi connectivity index (χ4v) is 3.48. The van der Waals surface area contributed by atoms with E-state index in [0.717, 1.165) is 20.0 Å². The van der Waals surface area contributed by atoms with Gasteiger partial charge < -0.3 is 0 Å². The van der Waals surface area contributed by atoms with Crippen LogP contribution in [0.1, 0.15) is 13.8 Å². The molecule has 9 heteroatoms. The van der Waals surface area contributed by atoms with Gasteiger partial charge in [0, 0.05) is 12.7 Å². The van der Waals surface area contributed by atoms with Crippen LogP contribution in [-0.2, 0) is 9.59 Å². The van der Waals surface area contributed by atoms with Crippen LogP contribution in [0.3, 0.4) is 0 Å². The number of amides is 2. The Labute approximate surface area is 123 Å². The second-order valence-corrected chi connectivity index (χ2v) is 7.02. The summed E-state index contributed by atoms with van der Waals surface area (Å²) in [4.78, 5) is 21.9. The molecule has 0 radical (unpaired) electrons. The van der Waals surface area contributed by atoms with Gasteiger partial charge in [-0.3, -0.25) is 20.4 Å². The van der Waals surface area contributed by atoms with Crippen LogP contribution in [0.15, 0.2) is 20.8 Å². The van der Waals surface area contributed by atoms with Crippen molar-refractivity contribution in [2.24, 2.45) is 0 Å². The number of rotatable bonds is 6. The molecule has 0 saturated heterocycles. The third kappa shape index (κ3) is 7.19. The number of carbonyl (C=O) groups is 2. The van der Waals surface area contributed by atoms with Gasteiger partial charge in [-0.1, -0.05) is 47.0 Å². The summed E-state index contributed by atoms with van der Waals surface area (Å²) in [5.41, 5.74) is 5.57. The molecule has 0 bridgehead atoms. The molecular formula is C10H14N4O2S3. The molecule has 0 saturated carbocycles. The Morgan fingerprint density at radius 3 is 2.26 bits per heavy atom. The second-order valence-electron chi connectivity index (χ2n) is 3.60. The molecule has 1 heterocycles. The zero-order chi connectivity index (χ0) is 14.3. The molecule has 2 amide bonds. The molecule has 1 rings (SSSR count). The fourth-order valence-electron chi connectivity index (χ4n) is 0.820. The van der Waals surface area contributed by atoms with E-state index < -0.39 is 0 Å². The van der Waals surface area contributed by atoms with Crippen LogP contribution in [0.25, 0.3) is 0 Å². The van der Waals surface area contributed by atoms with Gasteiger partial charge >= 0.3 is 0 Å². The molecule has 1 aromatic heterocycles. The number of nitrogens with zero attached hydrogens (tertiary/aromatic N) is 2. The average Bonchev–Trinajstić information content (AvgIpc) is 2.79. The molecule has 0 spiro atoms. The third-order valence-electron chi connectivity index (χ3n) is 1.53. The molecule has 0 aliphatic rings. The van der Waals surface area contributed by atoms with Crippen molar-refractivity contribution < 1.29 is 9.59 Å². The van der Waals surface area contributed by atoms with Crippen LogP contribution >= 0.6 is 34.9 Å². The number of hydrazine groups is 1. The lowest BCUT2D eigenvalue weighted by Gasteiger charge is -2.02. The molecule has 19 heavy (non-hydrogen) atoms. The van der Waals surface area contributed by atoms with Crippen molar-refractivity contribution in [1.29, 1.82) is 0 Å². The SMILES string of the molecule is C=C(C)CSc1nnc(SCC(=O)NNC(C)=O)s1. The van der Waals surface area contributed by atoms with Crippen LogP contribution in [0.4, 0.5) is 0 Å². The van der Waals surface area contributed by atoms with E-state index in [-0.39, 0.29) is 17.6 Å². The van der Waals surface area contributed by atoms with Crippen LogP contribution in [-0.4, -0.2) is 33.5 Å². The summed E-state index contributed by atoms with van der Waals surface area (Å²) in [5.74, 6) is 0.391. The lowest BCUT2D eigenvalue weighted by molar-refractivity contribution is -0.126. The standard InChI is InChI=1S/C10H14N4O2S3/c1-6(2)4-17-9-13-14-10(19-9)18-5-8(16)12-11-7(3)15/h1,4-5H2,2-3H3,(H,11,15)(H,12,16). The first-order valence-electron chi connectivity index (χ1n) is 5.26. The van der Waals surface area contributed by atoms with E-state index >= 15 is 0 Å². The van der Waals surface area contributed by atoms with E-state index in [1.807, 2.05) is 6.92 Å². The highest BCUT2D eigenvalue weighted by atomic mass is 32.2. The highest BCUT2D eigenvalue weighted by Crippen LogP contribution is 2.29. The molecule has 0 unspecified atom stereocenters. The lowest BCUT2D eigenvalue weighted by atomic mass is 10.4. The zero-order valence-corrected chi connectivity index (χ0v) is 13.0. The highest BCUT2D eigenvalue weighted by molar-refractivity contribution is 8.03. The average molecular weight is 318 g/mol. The summed E-state index contributed by atoms with van der Waals surface area (Å²) in [7, 11) is 0. The van der Waals surface area contributed by atoms with E-state index in [9.17, 15) is 9.59 Å². The Morgan fingerprint density at radius 2 is 1.74 bits per heavy atom. The molecule has 0 aliphatic carbocycles. The first-order chi connectivity index (χ1) is 8.97. The van der Waals surface area contributed by atoms with Crippen molar-refractivity contribution >= 4 is 46.7 Å². The van der Waals surface area contributed by atoms with Crippen molar-refractivity contribution in [3.63, 3.8) is 0 Å². The lowest BCUT2D eigenvalue weighted by Crippen LogP contribution is -2.41. The van der Waals surface area contributed by atoms with E-state index in [2.05, 4.69) is 27.6 Å². The van der Waals surface area contributed by atoms with Crippen molar-refractivity contribution in [2.45, 2.75) is 22.5 Å². The van der Waals surface area contributed by atoms with Gasteiger partial charge in [0.15, 0.2) is 8.68 Å². The minimum absolute atomic E-state index is 0.181. The normalized spacial score (nSPS) is 10.0. The number of hydrogen-bond donors (Lipinski definition) is 2. The Morgan fingerprint density at radius 1 is 1.16 bits per heavy atom. The van der Waals surface area contributed by atoms with Crippen molar-refractivity contribution in [3.8, 4) is 0 Å². The maximum atomic E-state index is 11.3. The largest absolute Gasteiger partial charge is 0.274 e. The summed E-state index contributed by atoms with van der Waals surface area (Å²) in [6, 6.07) is 0. The molecule has 6 nitrogen and oxygen atoms in total. The Balaban J connectivity index is 2.31. The van der Waals surface area contributed by atoms with Gasteiger partial charge in [-0.15, -0.1) is 10.2 Å². The molecule has 0 fully saturated rings. The van der Waals surface area contributed by atoms with E-state index in [1.54, 1.807) is 11.8 Å². The summed E-state index contributed by atoms with van der Waals surface area (Å²) < 4.78 is 1.58. The van der Waals surface area contributed by atoms with Gasteiger partial charge in [0.05, 0.1) is 5.75 Å². The monoisotopic (exact) mass is 318 g/mol. The quantitative estimate of drug-likeness (QED) is 0.469. The molecule has 0 aliphatic heterocycles. The molecule has 0 aromatic carbocycles. The highest BCUT2D eigenvalue weighted by Gasteiger charge is 2.08. The maximum Gasteiger partial charge on any atom is 0.248 e. The molecule has 2 N–H and O–H groups in total. The van der Waals surface area contributed by atoms with Gasteiger partial charge in [0.1, 0.15) is 0 Å². The van der Waals surface area contributed by atoms with Crippen molar-refractivity contribution in [3.05, 3.63) is 12.2 Å². The van der Waals surface area contributed by atoms with Crippen molar-refractivity contribution in [1.82, 2.24) is 21.0 Å². The van der Waals surface area contributed by atoms with Crippen LogP contribution in [0, 0.1) is 0 Å². The van der Waals surface area contributed by atoms with Crippen LogP contribution in [0.5, 0.6) is 0 Å². The van der Waals surface area contributed by atoms with Crippen LogP contribution < -0.4 is 10.9 Å². The van der Waals surface area contributed by atoms with E-state index in [4.69, 9.17) is 0 Å². The predicted molar refractivity (Wildman–Crippen MR) is 78.1 cm³/mol. The molecule has 1 aromatic rings. The first kappa shape index (κ1) is 16.0. The van der Waals surface area contributed by atoms with Crippen LogP contribution in [0.2, 0.25) is 0 Å². The summed E-state index contributed by atoms with van der Waals surface area (Å²) in [5, 5.41) is 7.98. The maximum absolute atomic E-state index is 11.3. The van der Waals surface area contributed by atoms with Gasteiger partial charge in [0.2, 0.25) is 11.8 Å². The number of hydrogen-bond acceptors (Lipinski definition) is 7. The third-order valence-corrected chi connectivity index (χ3v) is 4.96. The summed E-state index contributed by atoms with van der Waals surface area (Å²) >= 11 is 4.29. The van der Waals surface area contributed by atoms with Gasteiger partial charge in [0.25, 0.3) is 0 Å². The number of thioether (sulfide) groups is 2. The fraction of sp³-hybridized carbons (Fsp3) is 0.400. The molecule has 0 atom stereocenters. The van der Waals surface area contributed by atoms with Gasteiger partial charge in [-0.05, 0) is 6.92 Å². The smallest absolute Gasteiger partial charge is 0.248 e. The van der Waals surface area contributed by atoms with Crippen molar-refractivity contribution in [2.75, 3.05) is 11.5 Å². The molecular weight excluding hydrogens is 304 g/mol. The Bertz CT molecular complexity index is 475. The minimum Gasteiger partial charge on any atom is -0.274 e. The number of aromatic nitrogens is 2. The zero-order valence-electron chi connectivity index (χ0n) is 10.6. The number of nitrogens with one attached hydrogen (secondary N) is 2. The van der Waals surface area contributed by atoms with E-state index in [1.165, 1.54) is 30.0 Å². The minimum atomic E-state index is -0.312.